The summed E-state index contributed by atoms with van der Waals surface area (Å²) in [5.41, 5.74) is 0.739. The molecule has 1 fully saturated rings. The van der Waals surface area contributed by atoms with Crippen LogP contribution in [-0.2, 0) is 14.8 Å². The molecule has 0 atom stereocenters. The second-order valence-corrected chi connectivity index (χ2v) is 9.97. The second kappa shape index (κ2) is 8.24. The lowest BCUT2D eigenvalue weighted by Crippen LogP contribution is -2.50. The van der Waals surface area contributed by atoms with Crippen LogP contribution in [0.4, 0.5) is 5.69 Å². The molecule has 26 heavy (non-hydrogen) atoms. The predicted octanol–water partition coefficient (Wildman–Crippen LogP) is 3.00. The summed E-state index contributed by atoms with van der Waals surface area (Å²) < 4.78 is 27.2. The summed E-state index contributed by atoms with van der Waals surface area (Å²) in [6, 6.07) is 10.6. The van der Waals surface area contributed by atoms with Crippen molar-refractivity contribution in [1.29, 1.82) is 0 Å². The van der Waals surface area contributed by atoms with Crippen LogP contribution in [0.5, 0.6) is 0 Å². The summed E-state index contributed by atoms with van der Waals surface area (Å²) in [6.07, 6.45) is 0. The van der Waals surface area contributed by atoms with E-state index >= 15 is 0 Å². The van der Waals surface area contributed by atoms with Gasteiger partial charge in [0.15, 0.2) is 0 Å². The van der Waals surface area contributed by atoms with Crippen LogP contribution in [0.1, 0.15) is 0 Å². The fourth-order valence-corrected chi connectivity index (χ4v) is 6.23. The SMILES string of the molecule is O=C(CN1CCN(S(=O)(=O)c2cc(Cl)sc2Cl)CC1)Nc1ccccc1. The van der Waals surface area contributed by atoms with Crippen molar-refractivity contribution < 1.29 is 13.2 Å². The molecule has 0 radical (unpaired) electrons. The van der Waals surface area contributed by atoms with Crippen LogP contribution in [0, 0.1) is 0 Å². The highest BCUT2D eigenvalue weighted by atomic mass is 35.5. The molecule has 0 aliphatic carbocycles. The van der Waals surface area contributed by atoms with Crippen molar-refractivity contribution in [2.75, 3.05) is 38.0 Å². The number of benzene rings is 1. The Bertz CT molecular complexity index is 879. The van der Waals surface area contributed by atoms with Gasteiger partial charge in [-0.15, -0.1) is 11.3 Å². The highest BCUT2D eigenvalue weighted by Gasteiger charge is 2.31. The van der Waals surface area contributed by atoms with E-state index in [0.717, 1.165) is 17.0 Å². The zero-order valence-corrected chi connectivity index (χ0v) is 16.8. The first-order valence-electron chi connectivity index (χ1n) is 7.88. The smallest absolute Gasteiger partial charge is 0.245 e. The molecule has 1 aromatic heterocycles. The molecular formula is C16H17Cl2N3O3S2. The lowest BCUT2D eigenvalue weighted by atomic mass is 10.3. The summed E-state index contributed by atoms with van der Waals surface area (Å²) >= 11 is 12.9. The molecule has 0 bridgehead atoms. The quantitative estimate of drug-likeness (QED) is 0.786. The Morgan fingerprint density at radius 3 is 2.35 bits per heavy atom. The Labute approximate surface area is 166 Å². The molecule has 0 unspecified atom stereocenters. The van der Waals surface area contributed by atoms with E-state index in [1.54, 1.807) is 0 Å². The van der Waals surface area contributed by atoms with Gasteiger partial charge in [0.1, 0.15) is 9.23 Å². The monoisotopic (exact) mass is 433 g/mol. The molecule has 1 amide bonds. The Balaban J connectivity index is 1.55. The molecule has 0 saturated carbocycles. The third kappa shape index (κ3) is 4.57. The van der Waals surface area contributed by atoms with Crippen LogP contribution >= 0.6 is 34.5 Å². The van der Waals surface area contributed by atoms with Crippen molar-refractivity contribution in [2.45, 2.75) is 4.90 Å². The van der Waals surface area contributed by atoms with E-state index < -0.39 is 10.0 Å². The van der Waals surface area contributed by atoms with E-state index in [4.69, 9.17) is 23.2 Å². The standard InChI is InChI=1S/C16H17Cl2N3O3S2/c17-14-10-13(16(18)25-14)26(23,24)21-8-6-20(7-9-21)11-15(22)19-12-4-2-1-3-5-12/h1-5,10H,6-9,11H2,(H,19,22). The first-order chi connectivity index (χ1) is 12.4. The minimum atomic E-state index is -3.67. The molecule has 1 aliphatic rings. The van der Waals surface area contributed by atoms with Crippen LogP contribution in [0.3, 0.4) is 0 Å². The van der Waals surface area contributed by atoms with Gasteiger partial charge >= 0.3 is 0 Å². The van der Waals surface area contributed by atoms with Crippen LogP contribution in [-0.4, -0.2) is 56.3 Å². The molecule has 1 aromatic carbocycles. The minimum absolute atomic E-state index is 0.0458. The molecule has 6 nitrogen and oxygen atoms in total. The highest BCUT2D eigenvalue weighted by molar-refractivity contribution is 7.89. The lowest BCUT2D eigenvalue weighted by Gasteiger charge is -2.33. The zero-order chi connectivity index (χ0) is 18.7. The summed E-state index contributed by atoms with van der Waals surface area (Å²) in [5.74, 6) is -0.125. The number of halogens is 2. The highest BCUT2D eigenvalue weighted by Crippen LogP contribution is 2.36. The third-order valence-electron chi connectivity index (χ3n) is 4.00. The van der Waals surface area contributed by atoms with Gasteiger partial charge in [0, 0.05) is 31.9 Å². The molecule has 2 heterocycles. The summed E-state index contributed by atoms with van der Waals surface area (Å²) in [5, 5.41) is 2.82. The van der Waals surface area contributed by atoms with Crippen molar-refractivity contribution in [2.24, 2.45) is 0 Å². The van der Waals surface area contributed by atoms with Gasteiger partial charge in [-0.3, -0.25) is 9.69 Å². The van der Waals surface area contributed by atoms with Gasteiger partial charge in [0.05, 0.1) is 10.9 Å². The van der Waals surface area contributed by atoms with Gasteiger partial charge in [-0.1, -0.05) is 41.4 Å². The summed E-state index contributed by atoms with van der Waals surface area (Å²) in [7, 11) is -3.67. The van der Waals surface area contributed by atoms with Crippen LogP contribution in [0.15, 0.2) is 41.3 Å². The van der Waals surface area contributed by atoms with Gasteiger partial charge in [0.25, 0.3) is 0 Å². The van der Waals surface area contributed by atoms with E-state index in [-0.39, 0.29) is 21.7 Å². The Hall–Kier alpha value is -1.16. The molecule has 3 rings (SSSR count). The van der Waals surface area contributed by atoms with Crippen LogP contribution in [0.25, 0.3) is 0 Å². The molecule has 1 saturated heterocycles. The number of carbonyl (C=O) groups is 1. The number of amides is 1. The number of rotatable bonds is 5. The largest absolute Gasteiger partial charge is 0.325 e. The maximum absolute atomic E-state index is 12.7. The number of nitrogens with zero attached hydrogens (tertiary/aromatic N) is 2. The van der Waals surface area contributed by atoms with Crippen LogP contribution < -0.4 is 5.32 Å². The maximum Gasteiger partial charge on any atom is 0.245 e. The van der Waals surface area contributed by atoms with E-state index in [1.165, 1.54) is 10.4 Å². The summed E-state index contributed by atoms with van der Waals surface area (Å²) in [4.78, 5) is 14.1. The molecular weight excluding hydrogens is 417 g/mol. The fraction of sp³-hybridized carbons (Fsp3) is 0.312. The van der Waals surface area contributed by atoms with Gasteiger partial charge in [0.2, 0.25) is 15.9 Å². The van der Waals surface area contributed by atoms with Gasteiger partial charge in [-0.25, -0.2) is 8.42 Å². The average molecular weight is 434 g/mol. The van der Waals surface area contributed by atoms with Gasteiger partial charge < -0.3 is 5.32 Å². The van der Waals surface area contributed by atoms with Gasteiger partial charge in [-0.05, 0) is 18.2 Å². The first-order valence-corrected chi connectivity index (χ1v) is 10.9. The molecule has 1 aliphatic heterocycles. The third-order valence-corrected chi connectivity index (χ3v) is 7.65. The molecule has 10 heteroatoms. The average Bonchev–Trinajstić information content (AvgIpc) is 2.95. The number of thiophene rings is 1. The number of piperazine rings is 1. The maximum atomic E-state index is 12.7. The van der Waals surface area contributed by atoms with E-state index in [2.05, 4.69) is 5.32 Å². The number of hydrogen-bond acceptors (Lipinski definition) is 5. The summed E-state index contributed by atoms with van der Waals surface area (Å²) in [6.45, 7) is 1.75. The molecule has 140 valence electrons. The van der Waals surface area contributed by atoms with Crippen molar-refractivity contribution in [3.8, 4) is 0 Å². The van der Waals surface area contributed by atoms with Gasteiger partial charge in [-0.2, -0.15) is 4.31 Å². The number of anilines is 1. The number of carbonyl (C=O) groups excluding carboxylic acids is 1. The normalized spacial score (nSPS) is 16.5. The van der Waals surface area contributed by atoms with E-state index in [9.17, 15) is 13.2 Å². The van der Waals surface area contributed by atoms with E-state index in [1.807, 2.05) is 35.2 Å². The number of para-hydroxylation sites is 1. The topological polar surface area (TPSA) is 69.7 Å². The second-order valence-electron chi connectivity index (χ2n) is 5.78. The number of sulfonamides is 1. The number of nitrogens with one attached hydrogen (secondary N) is 1. The predicted molar refractivity (Wildman–Crippen MR) is 105 cm³/mol. The van der Waals surface area contributed by atoms with Crippen LogP contribution in [0.2, 0.25) is 8.67 Å². The lowest BCUT2D eigenvalue weighted by molar-refractivity contribution is -0.117. The molecule has 1 N–H and O–H groups in total. The Kier molecular flexibility index (Phi) is 6.21. The van der Waals surface area contributed by atoms with Crippen molar-refractivity contribution in [3.63, 3.8) is 0 Å². The van der Waals surface area contributed by atoms with E-state index in [0.29, 0.717) is 30.5 Å². The fourth-order valence-electron chi connectivity index (χ4n) is 2.69. The first kappa shape index (κ1) is 19.6. The Morgan fingerprint density at radius 2 is 1.77 bits per heavy atom. The number of hydrogen-bond donors (Lipinski definition) is 1. The zero-order valence-electron chi connectivity index (χ0n) is 13.7. The molecule has 2 aromatic rings. The Morgan fingerprint density at radius 1 is 1.12 bits per heavy atom. The van der Waals surface area contributed by atoms with Crippen molar-refractivity contribution >= 4 is 56.2 Å². The van der Waals surface area contributed by atoms with Crippen molar-refractivity contribution in [1.82, 2.24) is 9.21 Å². The molecule has 0 spiro atoms. The minimum Gasteiger partial charge on any atom is -0.325 e. The van der Waals surface area contributed by atoms with Crippen molar-refractivity contribution in [3.05, 3.63) is 45.1 Å².